The molecule has 3 N–H and O–H groups in total. The number of hydrogen-bond donors (Lipinski definition) is 3. The van der Waals surface area contributed by atoms with Crippen molar-refractivity contribution in [2.75, 3.05) is 11.9 Å². The Morgan fingerprint density at radius 2 is 1.57 bits per heavy atom. The largest absolute Gasteiger partial charge is 0.373 e. The highest BCUT2D eigenvalue weighted by molar-refractivity contribution is 5.96. The summed E-state index contributed by atoms with van der Waals surface area (Å²) >= 11 is 0. The number of nitriles is 1. The van der Waals surface area contributed by atoms with Crippen LogP contribution >= 0.6 is 0 Å². The number of pyridine rings is 1. The predicted molar refractivity (Wildman–Crippen MR) is 137 cm³/mol. The summed E-state index contributed by atoms with van der Waals surface area (Å²) in [7, 11) is 0. The van der Waals surface area contributed by atoms with Gasteiger partial charge in [0.15, 0.2) is 0 Å². The molecule has 1 heterocycles. The molecule has 3 aromatic carbocycles. The molecule has 0 radical (unpaired) electrons. The van der Waals surface area contributed by atoms with Gasteiger partial charge in [0.2, 0.25) is 0 Å². The topological polar surface area (TPSA) is 98.0 Å². The molecule has 0 unspecified atom stereocenters. The van der Waals surface area contributed by atoms with E-state index in [1.165, 1.54) is 5.56 Å². The summed E-state index contributed by atoms with van der Waals surface area (Å²) in [5.74, 6) is 0.103. The van der Waals surface area contributed by atoms with Crippen LogP contribution in [-0.2, 0) is 12.8 Å². The molecule has 6 heteroatoms. The lowest BCUT2D eigenvalue weighted by Gasteiger charge is -2.15. The molecule has 0 aliphatic heterocycles. The van der Waals surface area contributed by atoms with Gasteiger partial charge in [-0.1, -0.05) is 78.9 Å². The molecular weight excluding hydrogens is 436 g/mol. The number of aromatic nitrogens is 1. The fraction of sp³-hybridized carbons (Fsp3) is 0.138. The number of nitrogens with one attached hydrogen (secondary N) is 2. The lowest BCUT2D eigenvalue weighted by Crippen LogP contribution is -2.36. The molecule has 1 amide bonds. The van der Waals surface area contributed by atoms with Gasteiger partial charge in [0.25, 0.3) is 5.91 Å². The van der Waals surface area contributed by atoms with E-state index in [9.17, 15) is 15.2 Å². The fourth-order valence-corrected chi connectivity index (χ4v) is 3.80. The van der Waals surface area contributed by atoms with Gasteiger partial charge in [-0.25, -0.2) is 4.98 Å². The second-order valence-electron chi connectivity index (χ2n) is 8.13. The lowest BCUT2D eigenvalue weighted by molar-refractivity contribution is 0.0785. The minimum atomic E-state index is -1.04. The van der Waals surface area contributed by atoms with Gasteiger partial charge in [0.05, 0.1) is 17.3 Å². The van der Waals surface area contributed by atoms with Gasteiger partial charge < -0.3 is 15.7 Å². The van der Waals surface area contributed by atoms with E-state index >= 15 is 0 Å². The quantitative estimate of drug-likeness (QED) is 0.317. The van der Waals surface area contributed by atoms with Gasteiger partial charge in [0, 0.05) is 24.1 Å². The van der Waals surface area contributed by atoms with Gasteiger partial charge in [-0.3, -0.25) is 4.79 Å². The average molecular weight is 463 g/mol. The number of amides is 1. The maximum absolute atomic E-state index is 13.0. The number of carbonyl (C=O) groups excluding carboxylic acids is 1. The van der Waals surface area contributed by atoms with Gasteiger partial charge in [-0.15, -0.1) is 0 Å². The van der Waals surface area contributed by atoms with Crippen LogP contribution in [-0.4, -0.2) is 28.8 Å². The SMILES string of the molecule is N#Cc1ccccc1-c1cc(C(=O)N[C@H](O)Cc2ccccc2)cc(NCCc2ccccc2)n1. The van der Waals surface area contributed by atoms with E-state index in [0.29, 0.717) is 41.2 Å². The Balaban J connectivity index is 1.56. The number of hydrogen-bond acceptors (Lipinski definition) is 5. The van der Waals surface area contributed by atoms with Crippen molar-refractivity contribution >= 4 is 11.7 Å². The molecule has 0 spiro atoms. The predicted octanol–water partition coefficient (Wildman–Crippen LogP) is 4.57. The van der Waals surface area contributed by atoms with Gasteiger partial charge in [-0.05, 0) is 35.7 Å². The Labute approximate surface area is 204 Å². The summed E-state index contributed by atoms with van der Waals surface area (Å²) in [6, 6.07) is 32.2. The van der Waals surface area contributed by atoms with Crippen LogP contribution < -0.4 is 10.6 Å². The maximum atomic E-state index is 13.0. The van der Waals surface area contributed by atoms with Gasteiger partial charge in [-0.2, -0.15) is 5.26 Å². The summed E-state index contributed by atoms with van der Waals surface area (Å²) in [5, 5.41) is 25.9. The molecule has 0 saturated carbocycles. The molecule has 35 heavy (non-hydrogen) atoms. The van der Waals surface area contributed by atoms with Gasteiger partial charge in [0.1, 0.15) is 12.0 Å². The number of carbonyl (C=O) groups is 1. The van der Waals surface area contributed by atoms with Crippen LogP contribution in [0, 0.1) is 11.3 Å². The fourth-order valence-electron chi connectivity index (χ4n) is 3.80. The Kier molecular flexibility index (Phi) is 7.84. The zero-order valence-corrected chi connectivity index (χ0v) is 19.2. The van der Waals surface area contributed by atoms with Crippen LogP contribution in [0.4, 0.5) is 5.82 Å². The molecule has 4 rings (SSSR count). The van der Waals surface area contributed by atoms with Crippen molar-refractivity contribution < 1.29 is 9.90 Å². The first-order chi connectivity index (χ1) is 17.1. The van der Waals surface area contributed by atoms with Crippen LogP contribution in [0.5, 0.6) is 0 Å². The average Bonchev–Trinajstić information content (AvgIpc) is 2.89. The first-order valence-corrected chi connectivity index (χ1v) is 11.4. The number of aliphatic hydroxyl groups excluding tert-OH is 1. The van der Waals surface area contributed by atoms with Gasteiger partial charge >= 0.3 is 0 Å². The first-order valence-electron chi connectivity index (χ1n) is 11.4. The van der Waals surface area contributed by atoms with Crippen molar-refractivity contribution in [3.8, 4) is 17.3 Å². The molecule has 0 aliphatic rings. The molecule has 6 nitrogen and oxygen atoms in total. The molecule has 0 bridgehead atoms. The third-order valence-electron chi connectivity index (χ3n) is 5.54. The molecule has 0 fully saturated rings. The monoisotopic (exact) mass is 462 g/mol. The summed E-state index contributed by atoms with van der Waals surface area (Å²) in [5.41, 5.74) is 4.07. The van der Waals surface area contributed by atoms with E-state index in [2.05, 4.69) is 33.8 Å². The number of benzene rings is 3. The zero-order chi connectivity index (χ0) is 24.5. The van der Waals surface area contributed by atoms with E-state index in [1.807, 2.05) is 54.6 Å². The van der Waals surface area contributed by atoms with Crippen LogP contribution in [0.25, 0.3) is 11.3 Å². The summed E-state index contributed by atoms with van der Waals surface area (Å²) < 4.78 is 0. The minimum Gasteiger partial charge on any atom is -0.373 e. The normalized spacial score (nSPS) is 11.3. The highest BCUT2D eigenvalue weighted by Crippen LogP contribution is 2.25. The second kappa shape index (κ2) is 11.6. The van der Waals surface area contributed by atoms with Crippen LogP contribution in [0.15, 0.2) is 97.1 Å². The Morgan fingerprint density at radius 3 is 2.29 bits per heavy atom. The molecule has 1 aromatic heterocycles. The van der Waals surface area contributed by atoms with Crippen molar-refractivity contribution in [1.82, 2.24) is 10.3 Å². The molecule has 0 aliphatic carbocycles. The molecule has 174 valence electrons. The van der Waals surface area contributed by atoms with Crippen molar-refractivity contribution in [1.29, 1.82) is 5.26 Å². The standard InChI is InChI=1S/C29H26N4O2/c30-20-23-13-7-8-14-25(23)26-18-24(29(35)33-28(34)17-22-11-5-2-6-12-22)19-27(32-26)31-16-15-21-9-3-1-4-10-21/h1-14,18-19,28,34H,15-17H2,(H,31,32)(H,33,35)/t28-/m1/s1. The number of nitrogens with zero attached hydrogens (tertiary/aromatic N) is 2. The zero-order valence-electron chi connectivity index (χ0n) is 19.2. The smallest absolute Gasteiger partial charge is 0.253 e. The van der Waals surface area contributed by atoms with Crippen molar-refractivity contribution in [2.45, 2.75) is 19.1 Å². The Hall–Kier alpha value is -4.47. The Morgan fingerprint density at radius 1 is 0.914 bits per heavy atom. The highest BCUT2D eigenvalue weighted by Gasteiger charge is 2.16. The van der Waals surface area contributed by atoms with E-state index in [4.69, 9.17) is 0 Å². The van der Waals surface area contributed by atoms with E-state index < -0.39 is 12.1 Å². The number of rotatable bonds is 9. The third-order valence-corrected chi connectivity index (χ3v) is 5.54. The summed E-state index contributed by atoms with van der Waals surface area (Å²) in [4.78, 5) is 17.7. The molecule has 1 atom stereocenters. The minimum absolute atomic E-state index is 0.296. The van der Waals surface area contributed by atoms with Crippen LogP contribution in [0.2, 0.25) is 0 Å². The van der Waals surface area contributed by atoms with E-state index in [0.717, 1.165) is 12.0 Å². The van der Waals surface area contributed by atoms with Crippen molar-refractivity contribution in [3.63, 3.8) is 0 Å². The number of aliphatic hydroxyl groups is 1. The van der Waals surface area contributed by atoms with E-state index in [-0.39, 0.29) is 0 Å². The van der Waals surface area contributed by atoms with Crippen LogP contribution in [0.1, 0.15) is 27.0 Å². The summed E-state index contributed by atoms with van der Waals surface area (Å²) in [6.45, 7) is 0.623. The third kappa shape index (κ3) is 6.53. The molecule has 4 aromatic rings. The summed E-state index contributed by atoms with van der Waals surface area (Å²) in [6.07, 6.45) is 0.0467. The van der Waals surface area contributed by atoms with E-state index in [1.54, 1.807) is 30.3 Å². The highest BCUT2D eigenvalue weighted by atomic mass is 16.3. The second-order valence-corrected chi connectivity index (χ2v) is 8.13. The number of anilines is 1. The van der Waals surface area contributed by atoms with Crippen molar-refractivity contribution in [2.24, 2.45) is 0 Å². The lowest BCUT2D eigenvalue weighted by atomic mass is 10.0. The molecule has 0 saturated heterocycles. The maximum Gasteiger partial charge on any atom is 0.253 e. The van der Waals surface area contributed by atoms with Crippen LogP contribution in [0.3, 0.4) is 0 Å². The first kappa shape index (κ1) is 23.7. The Bertz CT molecular complexity index is 1320. The van der Waals surface area contributed by atoms with Crippen molar-refractivity contribution in [3.05, 3.63) is 119 Å². The molecular formula is C29H26N4O2.